The monoisotopic (exact) mass is 290 g/mol. The molecule has 0 aromatic heterocycles. The first-order valence-electron chi connectivity index (χ1n) is 5.77. The zero-order valence-electron chi connectivity index (χ0n) is 10.0. The topological polar surface area (TPSA) is 41.1 Å². The highest BCUT2D eigenvalue weighted by molar-refractivity contribution is 8.00. The van der Waals surface area contributed by atoms with Crippen LogP contribution in [0.1, 0.15) is 21.5 Å². The van der Waals surface area contributed by atoms with E-state index in [4.69, 9.17) is 0 Å². The molecule has 1 aromatic carbocycles. The van der Waals surface area contributed by atoms with E-state index in [1.807, 2.05) is 6.07 Å². The third kappa shape index (κ3) is 4.14. The second-order valence-electron chi connectivity index (χ2n) is 4.14. The SMILES string of the molecule is O=C(NCCSC(F)(F)F)c1ccc2c(c1)CNC2. The first-order valence-corrected chi connectivity index (χ1v) is 6.76. The zero-order chi connectivity index (χ0) is 13.9. The van der Waals surface area contributed by atoms with Crippen molar-refractivity contribution in [3.05, 3.63) is 34.9 Å². The van der Waals surface area contributed by atoms with E-state index < -0.39 is 5.51 Å². The highest BCUT2D eigenvalue weighted by atomic mass is 32.2. The Morgan fingerprint density at radius 2 is 2.05 bits per heavy atom. The summed E-state index contributed by atoms with van der Waals surface area (Å²) >= 11 is -0.134. The average molecular weight is 290 g/mol. The Bertz CT molecular complexity index is 477. The van der Waals surface area contributed by atoms with Gasteiger partial charge in [0.1, 0.15) is 0 Å². The molecule has 1 heterocycles. The highest BCUT2D eigenvalue weighted by Crippen LogP contribution is 2.29. The maximum Gasteiger partial charge on any atom is 0.441 e. The summed E-state index contributed by atoms with van der Waals surface area (Å²) in [6, 6.07) is 5.34. The molecule has 0 spiro atoms. The number of rotatable bonds is 4. The van der Waals surface area contributed by atoms with E-state index in [2.05, 4.69) is 10.6 Å². The molecule has 1 aliphatic rings. The summed E-state index contributed by atoms with van der Waals surface area (Å²) in [5.41, 5.74) is -1.54. The Hall–Kier alpha value is -1.21. The Morgan fingerprint density at radius 1 is 1.32 bits per heavy atom. The van der Waals surface area contributed by atoms with E-state index in [9.17, 15) is 18.0 Å². The van der Waals surface area contributed by atoms with E-state index in [0.29, 0.717) is 5.56 Å². The van der Waals surface area contributed by atoms with Crippen LogP contribution in [0.25, 0.3) is 0 Å². The van der Waals surface area contributed by atoms with Gasteiger partial charge in [0.15, 0.2) is 0 Å². The van der Waals surface area contributed by atoms with E-state index in [-0.39, 0.29) is 30.0 Å². The lowest BCUT2D eigenvalue weighted by molar-refractivity contribution is -0.0327. The quantitative estimate of drug-likeness (QED) is 0.836. The van der Waals surface area contributed by atoms with Gasteiger partial charge in [-0.2, -0.15) is 13.2 Å². The first-order chi connectivity index (χ1) is 8.96. The minimum absolute atomic E-state index is 0.00164. The first kappa shape index (κ1) is 14.2. The fourth-order valence-electron chi connectivity index (χ4n) is 1.87. The number of thioether (sulfide) groups is 1. The molecule has 1 aliphatic heterocycles. The smallest absolute Gasteiger partial charge is 0.351 e. The predicted octanol–water partition coefficient (Wildman–Crippen LogP) is 2.27. The van der Waals surface area contributed by atoms with Crippen molar-refractivity contribution >= 4 is 17.7 Å². The number of alkyl halides is 3. The molecular formula is C12H13F3N2OS. The van der Waals surface area contributed by atoms with Gasteiger partial charge in [0.05, 0.1) is 0 Å². The van der Waals surface area contributed by atoms with Crippen molar-refractivity contribution in [1.82, 2.24) is 10.6 Å². The third-order valence-electron chi connectivity index (χ3n) is 2.75. The van der Waals surface area contributed by atoms with E-state index >= 15 is 0 Å². The molecule has 1 amide bonds. The van der Waals surface area contributed by atoms with Crippen molar-refractivity contribution in [1.29, 1.82) is 0 Å². The number of carbonyl (C=O) groups is 1. The molecule has 19 heavy (non-hydrogen) atoms. The second kappa shape index (κ2) is 5.83. The summed E-state index contributed by atoms with van der Waals surface area (Å²) in [4.78, 5) is 11.7. The number of halogens is 3. The van der Waals surface area contributed by atoms with Crippen LogP contribution in [0.4, 0.5) is 13.2 Å². The van der Waals surface area contributed by atoms with Crippen LogP contribution in [-0.2, 0) is 13.1 Å². The standard InChI is InChI=1S/C12H13F3N2OS/c13-12(14,15)19-4-3-17-11(18)8-1-2-9-6-16-7-10(9)5-8/h1-2,5,16H,3-4,6-7H2,(H,17,18). The molecule has 0 fully saturated rings. The molecule has 0 bridgehead atoms. The van der Waals surface area contributed by atoms with Gasteiger partial charge in [-0.05, 0) is 35.0 Å². The van der Waals surface area contributed by atoms with Gasteiger partial charge in [0.2, 0.25) is 0 Å². The van der Waals surface area contributed by atoms with Crippen LogP contribution in [0.15, 0.2) is 18.2 Å². The van der Waals surface area contributed by atoms with Crippen LogP contribution >= 0.6 is 11.8 Å². The molecule has 2 rings (SSSR count). The van der Waals surface area contributed by atoms with Crippen molar-refractivity contribution < 1.29 is 18.0 Å². The molecule has 3 nitrogen and oxygen atoms in total. The molecule has 0 atom stereocenters. The molecule has 104 valence electrons. The molecule has 0 radical (unpaired) electrons. The number of nitrogens with one attached hydrogen (secondary N) is 2. The molecule has 2 N–H and O–H groups in total. The number of hydrogen-bond donors (Lipinski definition) is 2. The van der Waals surface area contributed by atoms with Gasteiger partial charge in [-0.15, -0.1) is 0 Å². The zero-order valence-corrected chi connectivity index (χ0v) is 10.8. The van der Waals surface area contributed by atoms with Gasteiger partial charge >= 0.3 is 5.51 Å². The van der Waals surface area contributed by atoms with Crippen molar-refractivity contribution in [2.75, 3.05) is 12.3 Å². The van der Waals surface area contributed by atoms with Crippen LogP contribution in [0.3, 0.4) is 0 Å². The summed E-state index contributed by atoms with van der Waals surface area (Å²) < 4.78 is 35.7. The molecule has 0 unspecified atom stereocenters. The highest BCUT2D eigenvalue weighted by Gasteiger charge is 2.27. The summed E-state index contributed by atoms with van der Waals surface area (Å²) in [7, 11) is 0. The maximum absolute atomic E-state index is 11.9. The van der Waals surface area contributed by atoms with Crippen LogP contribution in [0.2, 0.25) is 0 Å². The minimum Gasteiger partial charge on any atom is -0.351 e. The maximum atomic E-state index is 11.9. The summed E-state index contributed by atoms with van der Waals surface area (Å²) in [5.74, 6) is -0.515. The van der Waals surface area contributed by atoms with Crippen molar-refractivity contribution in [2.45, 2.75) is 18.6 Å². The summed E-state index contributed by atoms with van der Waals surface area (Å²) in [6.07, 6.45) is 0. The van der Waals surface area contributed by atoms with E-state index in [1.165, 1.54) is 0 Å². The molecule has 0 aliphatic carbocycles. The fourth-order valence-corrected chi connectivity index (χ4v) is 2.30. The van der Waals surface area contributed by atoms with Gasteiger partial charge in [0, 0.05) is 31.0 Å². The molecule has 0 saturated carbocycles. The van der Waals surface area contributed by atoms with Crippen molar-refractivity contribution in [2.24, 2.45) is 0 Å². The van der Waals surface area contributed by atoms with E-state index in [0.717, 1.165) is 24.2 Å². The number of hydrogen-bond acceptors (Lipinski definition) is 3. The van der Waals surface area contributed by atoms with Crippen molar-refractivity contribution in [3.63, 3.8) is 0 Å². The second-order valence-corrected chi connectivity index (χ2v) is 5.30. The Kier molecular flexibility index (Phi) is 4.36. The van der Waals surface area contributed by atoms with Crippen LogP contribution < -0.4 is 10.6 Å². The Labute approximate surface area is 112 Å². The lowest BCUT2D eigenvalue weighted by atomic mass is 10.1. The molecular weight excluding hydrogens is 277 g/mol. The van der Waals surface area contributed by atoms with Gasteiger partial charge < -0.3 is 10.6 Å². The minimum atomic E-state index is -4.25. The normalized spacial score (nSPS) is 14.3. The lowest BCUT2D eigenvalue weighted by Crippen LogP contribution is -2.26. The number of amides is 1. The summed E-state index contributed by atoms with van der Waals surface area (Å²) in [6.45, 7) is 1.51. The largest absolute Gasteiger partial charge is 0.441 e. The Balaban J connectivity index is 1.83. The lowest BCUT2D eigenvalue weighted by Gasteiger charge is -2.08. The van der Waals surface area contributed by atoms with Crippen LogP contribution in [-0.4, -0.2) is 23.7 Å². The van der Waals surface area contributed by atoms with Gasteiger partial charge in [-0.25, -0.2) is 0 Å². The van der Waals surface area contributed by atoms with Gasteiger partial charge in [0.25, 0.3) is 5.91 Å². The molecule has 0 saturated heterocycles. The predicted molar refractivity (Wildman–Crippen MR) is 67.8 cm³/mol. The molecule has 7 heteroatoms. The average Bonchev–Trinajstić information content (AvgIpc) is 2.80. The van der Waals surface area contributed by atoms with Crippen molar-refractivity contribution in [3.8, 4) is 0 Å². The van der Waals surface area contributed by atoms with Crippen LogP contribution in [0, 0.1) is 0 Å². The van der Waals surface area contributed by atoms with E-state index in [1.54, 1.807) is 12.1 Å². The van der Waals surface area contributed by atoms with Gasteiger partial charge in [-0.1, -0.05) is 6.07 Å². The van der Waals surface area contributed by atoms with Crippen LogP contribution in [0.5, 0.6) is 0 Å². The van der Waals surface area contributed by atoms with Gasteiger partial charge in [-0.3, -0.25) is 4.79 Å². The Morgan fingerprint density at radius 3 is 2.79 bits per heavy atom. The number of benzene rings is 1. The molecule has 1 aromatic rings. The summed E-state index contributed by atoms with van der Waals surface area (Å²) in [5, 5.41) is 5.65. The fraction of sp³-hybridized carbons (Fsp3) is 0.417. The number of fused-ring (bicyclic) bond motifs is 1. The number of carbonyl (C=O) groups excluding carboxylic acids is 1. The third-order valence-corrected chi connectivity index (χ3v) is 3.49.